The molecule has 0 radical (unpaired) electrons. The normalized spacial score (nSPS) is 10.8. The number of hydrogen-bond donors (Lipinski definition) is 1. The Hall–Kier alpha value is -1.81. The van der Waals surface area contributed by atoms with E-state index < -0.39 is 0 Å². The number of methoxy groups -OCH3 is 1. The lowest BCUT2D eigenvalue weighted by Gasteiger charge is -2.13. The van der Waals surface area contributed by atoms with Crippen LogP contribution in [0.3, 0.4) is 0 Å². The Morgan fingerprint density at radius 3 is 2.63 bits per heavy atom. The Morgan fingerprint density at radius 1 is 1.26 bits per heavy atom. The highest BCUT2D eigenvalue weighted by molar-refractivity contribution is 5.67. The van der Waals surface area contributed by atoms with E-state index in [0.29, 0.717) is 6.54 Å². The predicted molar refractivity (Wildman–Crippen MR) is 77.4 cm³/mol. The summed E-state index contributed by atoms with van der Waals surface area (Å²) in [5.74, 6) is 1.94. The van der Waals surface area contributed by atoms with Gasteiger partial charge in [0.1, 0.15) is 11.6 Å². The van der Waals surface area contributed by atoms with Gasteiger partial charge in [0.25, 0.3) is 0 Å². The monoisotopic (exact) mass is 259 g/mol. The fraction of sp³-hybridized carbons (Fsp3) is 0.400. The van der Waals surface area contributed by atoms with Crippen LogP contribution in [0.2, 0.25) is 0 Å². The van der Waals surface area contributed by atoms with Gasteiger partial charge >= 0.3 is 0 Å². The molecule has 2 aromatic rings. The number of imidazole rings is 1. The number of hydrogen-bond acceptors (Lipinski definition) is 3. The summed E-state index contributed by atoms with van der Waals surface area (Å²) in [5.41, 5.74) is 10.3. The van der Waals surface area contributed by atoms with Gasteiger partial charge in [0.05, 0.1) is 19.0 Å². The van der Waals surface area contributed by atoms with E-state index in [1.54, 1.807) is 7.11 Å². The van der Waals surface area contributed by atoms with Crippen molar-refractivity contribution in [1.29, 1.82) is 0 Å². The van der Waals surface area contributed by atoms with E-state index in [4.69, 9.17) is 10.5 Å². The average Bonchev–Trinajstić information content (AvgIpc) is 2.75. The van der Waals surface area contributed by atoms with E-state index in [1.165, 1.54) is 16.7 Å². The van der Waals surface area contributed by atoms with Crippen LogP contribution in [0.25, 0.3) is 11.3 Å². The van der Waals surface area contributed by atoms with Crippen molar-refractivity contribution >= 4 is 0 Å². The van der Waals surface area contributed by atoms with Gasteiger partial charge in [-0.25, -0.2) is 4.98 Å². The fourth-order valence-electron chi connectivity index (χ4n) is 2.35. The number of aromatic nitrogens is 2. The van der Waals surface area contributed by atoms with Crippen LogP contribution >= 0.6 is 0 Å². The van der Waals surface area contributed by atoms with Crippen LogP contribution in [-0.2, 0) is 13.5 Å². The third kappa shape index (κ3) is 2.36. The molecule has 19 heavy (non-hydrogen) atoms. The fourth-order valence-corrected chi connectivity index (χ4v) is 2.35. The van der Waals surface area contributed by atoms with Crippen molar-refractivity contribution < 1.29 is 4.74 Å². The van der Waals surface area contributed by atoms with Gasteiger partial charge in [-0.3, -0.25) is 0 Å². The summed E-state index contributed by atoms with van der Waals surface area (Å²) in [7, 11) is 3.73. The van der Waals surface area contributed by atoms with Gasteiger partial charge in [-0.1, -0.05) is 0 Å². The summed E-state index contributed by atoms with van der Waals surface area (Å²) in [5, 5.41) is 0. The Morgan fingerprint density at radius 2 is 2.00 bits per heavy atom. The summed E-state index contributed by atoms with van der Waals surface area (Å²) in [4.78, 5) is 4.45. The van der Waals surface area contributed by atoms with E-state index >= 15 is 0 Å². The van der Waals surface area contributed by atoms with Crippen LogP contribution in [0.15, 0.2) is 18.3 Å². The Labute approximate surface area is 114 Å². The SMILES string of the molecule is COc1ccc(-c2cnc(CCN)n2C)c(C)c1C. The molecule has 2 N–H and O–H groups in total. The van der Waals surface area contributed by atoms with Crippen LogP contribution in [0.1, 0.15) is 17.0 Å². The quantitative estimate of drug-likeness (QED) is 0.916. The molecule has 1 aromatic carbocycles. The van der Waals surface area contributed by atoms with Gasteiger partial charge in [-0.15, -0.1) is 0 Å². The Kier molecular flexibility index (Phi) is 3.90. The largest absolute Gasteiger partial charge is 0.496 e. The van der Waals surface area contributed by atoms with Crippen LogP contribution < -0.4 is 10.5 Å². The minimum Gasteiger partial charge on any atom is -0.496 e. The molecule has 4 nitrogen and oxygen atoms in total. The molecule has 0 aliphatic heterocycles. The van der Waals surface area contributed by atoms with Gasteiger partial charge in [-0.05, 0) is 43.7 Å². The van der Waals surface area contributed by atoms with Crippen molar-refractivity contribution in [2.75, 3.05) is 13.7 Å². The highest BCUT2D eigenvalue weighted by atomic mass is 16.5. The van der Waals surface area contributed by atoms with Crippen LogP contribution in [0, 0.1) is 13.8 Å². The van der Waals surface area contributed by atoms with Crippen LogP contribution in [0.5, 0.6) is 5.75 Å². The molecule has 0 fully saturated rings. The molecule has 0 aliphatic rings. The average molecular weight is 259 g/mol. The van der Waals surface area contributed by atoms with Crippen molar-refractivity contribution in [3.8, 4) is 17.0 Å². The van der Waals surface area contributed by atoms with E-state index in [2.05, 4.69) is 29.5 Å². The molecule has 0 spiro atoms. The second-order valence-electron chi connectivity index (χ2n) is 4.72. The second kappa shape index (κ2) is 5.45. The minimum absolute atomic E-state index is 0.616. The standard InChI is InChI=1S/C15H21N3O/c1-10-11(2)14(19-4)6-5-12(10)13-9-17-15(7-8-16)18(13)3/h5-6,9H,7-8,16H2,1-4H3. The molecule has 0 saturated carbocycles. The number of nitrogens with two attached hydrogens (primary N) is 1. The lowest BCUT2D eigenvalue weighted by molar-refractivity contribution is 0.411. The molecule has 1 heterocycles. The van der Waals surface area contributed by atoms with Crippen LogP contribution in [-0.4, -0.2) is 23.2 Å². The van der Waals surface area contributed by atoms with Crippen LogP contribution in [0.4, 0.5) is 0 Å². The van der Waals surface area contributed by atoms with Crippen molar-refractivity contribution in [1.82, 2.24) is 9.55 Å². The van der Waals surface area contributed by atoms with Gasteiger partial charge in [-0.2, -0.15) is 0 Å². The maximum absolute atomic E-state index is 5.60. The topological polar surface area (TPSA) is 53.1 Å². The van der Waals surface area contributed by atoms with E-state index in [1.807, 2.05) is 19.3 Å². The van der Waals surface area contributed by atoms with E-state index in [-0.39, 0.29) is 0 Å². The molecule has 0 atom stereocenters. The Bertz CT molecular complexity index is 587. The van der Waals surface area contributed by atoms with E-state index in [0.717, 1.165) is 23.7 Å². The summed E-state index contributed by atoms with van der Waals surface area (Å²) >= 11 is 0. The lowest BCUT2D eigenvalue weighted by Crippen LogP contribution is -2.08. The third-order valence-corrected chi connectivity index (χ3v) is 3.69. The second-order valence-corrected chi connectivity index (χ2v) is 4.72. The molecule has 1 aromatic heterocycles. The first-order valence-electron chi connectivity index (χ1n) is 6.45. The van der Waals surface area contributed by atoms with Crippen molar-refractivity contribution in [2.24, 2.45) is 12.8 Å². The molecule has 0 bridgehead atoms. The van der Waals surface area contributed by atoms with Gasteiger partial charge in [0, 0.05) is 19.0 Å². The molecular weight excluding hydrogens is 238 g/mol. The Balaban J connectivity index is 2.51. The molecule has 0 amide bonds. The van der Waals surface area contributed by atoms with Gasteiger partial charge < -0.3 is 15.0 Å². The lowest BCUT2D eigenvalue weighted by atomic mass is 10.0. The number of rotatable bonds is 4. The summed E-state index contributed by atoms with van der Waals surface area (Å²) in [6.45, 7) is 4.81. The smallest absolute Gasteiger partial charge is 0.122 e. The van der Waals surface area contributed by atoms with Crippen molar-refractivity contribution in [3.05, 3.63) is 35.3 Å². The predicted octanol–water partition coefficient (Wildman–Crippen LogP) is 2.21. The molecule has 0 unspecified atom stereocenters. The zero-order chi connectivity index (χ0) is 14.0. The van der Waals surface area contributed by atoms with Gasteiger partial charge in [0.15, 0.2) is 0 Å². The minimum atomic E-state index is 0.616. The number of ether oxygens (including phenoxy) is 1. The van der Waals surface area contributed by atoms with E-state index in [9.17, 15) is 0 Å². The highest BCUT2D eigenvalue weighted by Crippen LogP contribution is 2.31. The first-order valence-corrected chi connectivity index (χ1v) is 6.45. The number of nitrogens with zero attached hydrogens (tertiary/aromatic N) is 2. The summed E-state index contributed by atoms with van der Waals surface area (Å²) in [6, 6.07) is 4.09. The molecule has 4 heteroatoms. The molecular formula is C15H21N3O. The summed E-state index contributed by atoms with van der Waals surface area (Å²) in [6.07, 6.45) is 2.71. The van der Waals surface area contributed by atoms with Crippen molar-refractivity contribution in [2.45, 2.75) is 20.3 Å². The zero-order valence-electron chi connectivity index (χ0n) is 12.0. The maximum atomic E-state index is 5.60. The zero-order valence-corrected chi connectivity index (χ0v) is 12.0. The highest BCUT2D eigenvalue weighted by Gasteiger charge is 2.13. The molecule has 0 aliphatic carbocycles. The first-order chi connectivity index (χ1) is 9.10. The third-order valence-electron chi connectivity index (χ3n) is 3.69. The van der Waals surface area contributed by atoms with Gasteiger partial charge in [0.2, 0.25) is 0 Å². The van der Waals surface area contributed by atoms with Crippen molar-refractivity contribution in [3.63, 3.8) is 0 Å². The molecule has 2 rings (SSSR count). The maximum Gasteiger partial charge on any atom is 0.122 e. The number of benzene rings is 1. The first kappa shape index (κ1) is 13.6. The molecule has 0 saturated heterocycles. The molecule has 102 valence electrons. The summed E-state index contributed by atoms with van der Waals surface area (Å²) < 4.78 is 7.46.